The van der Waals surface area contributed by atoms with Crippen LogP contribution in [0.3, 0.4) is 0 Å². The first-order valence-corrected chi connectivity index (χ1v) is 10.8. The second kappa shape index (κ2) is 9.09. The summed E-state index contributed by atoms with van der Waals surface area (Å²) in [5.41, 5.74) is 1.73. The number of hydrogen-bond donors (Lipinski definition) is 1. The Kier molecular flexibility index (Phi) is 6.09. The first-order chi connectivity index (χ1) is 14.2. The lowest BCUT2D eigenvalue weighted by Gasteiger charge is -2.11. The third-order valence-electron chi connectivity index (χ3n) is 4.90. The molecule has 152 valence electrons. The van der Waals surface area contributed by atoms with Gasteiger partial charge in [-0.2, -0.15) is 0 Å². The molecule has 29 heavy (non-hydrogen) atoms. The summed E-state index contributed by atoms with van der Waals surface area (Å²) < 4.78 is 7.27. The molecule has 1 aliphatic rings. The Labute approximate surface area is 174 Å². The number of aromatic nitrogens is 3. The van der Waals surface area contributed by atoms with Crippen LogP contribution < -0.4 is 15.0 Å². The van der Waals surface area contributed by atoms with E-state index in [1.54, 1.807) is 0 Å². The summed E-state index contributed by atoms with van der Waals surface area (Å²) >= 11 is 1.52. The largest absolute Gasteiger partial charge is 0.494 e. The molecule has 0 spiro atoms. The fraction of sp³-hybridized carbons (Fsp3) is 0.381. The highest BCUT2D eigenvalue weighted by atomic mass is 32.1. The van der Waals surface area contributed by atoms with E-state index >= 15 is 0 Å². The van der Waals surface area contributed by atoms with Crippen LogP contribution in [-0.4, -0.2) is 46.9 Å². The maximum atomic E-state index is 12.7. The normalized spacial score (nSPS) is 13.6. The van der Waals surface area contributed by atoms with Crippen molar-refractivity contribution in [2.45, 2.75) is 26.2 Å². The van der Waals surface area contributed by atoms with E-state index in [0.717, 1.165) is 36.0 Å². The van der Waals surface area contributed by atoms with E-state index in [4.69, 9.17) is 4.74 Å². The average molecular weight is 412 g/mol. The molecule has 1 amide bonds. The number of benzene rings is 1. The molecule has 2 aromatic heterocycles. The minimum Gasteiger partial charge on any atom is -0.494 e. The van der Waals surface area contributed by atoms with Gasteiger partial charge in [-0.3, -0.25) is 9.36 Å². The van der Waals surface area contributed by atoms with Crippen molar-refractivity contribution >= 4 is 22.4 Å². The summed E-state index contributed by atoms with van der Waals surface area (Å²) in [5, 5.41) is 13.2. The van der Waals surface area contributed by atoms with Gasteiger partial charge in [-0.25, -0.2) is 0 Å². The Hall–Kier alpha value is -2.87. The number of amides is 1. The van der Waals surface area contributed by atoms with Crippen LogP contribution in [0.15, 0.2) is 42.6 Å². The smallest absolute Gasteiger partial charge is 0.268 e. The molecule has 1 N–H and O–H groups in total. The van der Waals surface area contributed by atoms with Gasteiger partial charge in [0.15, 0.2) is 0 Å². The van der Waals surface area contributed by atoms with Gasteiger partial charge in [0, 0.05) is 25.8 Å². The standard InChI is InChI=1S/C21H25N5O2S/c1-2-28-17-9-7-16(8-10-17)11-12-22-19(27)18-6-5-15-26(18)21-24-23-20(29-21)25-13-3-4-14-25/h5-10,15H,2-4,11-14H2,1H3,(H,22,27). The van der Waals surface area contributed by atoms with E-state index in [1.165, 1.54) is 24.2 Å². The van der Waals surface area contributed by atoms with E-state index in [2.05, 4.69) is 20.4 Å². The van der Waals surface area contributed by atoms with E-state index in [0.29, 0.717) is 24.0 Å². The van der Waals surface area contributed by atoms with Gasteiger partial charge >= 0.3 is 0 Å². The maximum absolute atomic E-state index is 12.7. The molecule has 8 heteroatoms. The topological polar surface area (TPSA) is 72.3 Å². The van der Waals surface area contributed by atoms with Crippen molar-refractivity contribution in [2.75, 3.05) is 31.1 Å². The number of ether oxygens (including phenoxy) is 1. The monoisotopic (exact) mass is 411 g/mol. The fourth-order valence-corrected chi connectivity index (χ4v) is 4.30. The number of hydrogen-bond acceptors (Lipinski definition) is 6. The van der Waals surface area contributed by atoms with Gasteiger partial charge in [0.05, 0.1) is 6.61 Å². The Balaban J connectivity index is 1.35. The molecule has 3 aromatic rings. The number of nitrogens with zero attached hydrogens (tertiary/aromatic N) is 4. The molecule has 4 rings (SSSR count). The van der Waals surface area contributed by atoms with Gasteiger partial charge in [-0.1, -0.05) is 23.5 Å². The summed E-state index contributed by atoms with van der Waals surface area (Å²) in [7, 11) is 0. The SMILES string of the molecule is CCOc1ccc(CCNC(=O)c2cccn2-c2nnc(N3CCCC3)s2)cc1. The molecular weight excluding hydrogens is 386 g/mol. The zero-order valence-corrected chi connectivity index (χ0v) is 17.3. The first-order valence-electron chi connectivity index (χ1n) is 10.0. The van der Waals surface area contributed by atoms with Gasteiger partial charge in [-0.05, 0) is 56.0 Å². The molecule has 0 radical (unpaired) electrons. The fourth-order valence-electron chi connectivity index (χ4n) is 3.40. The molecule has 0 saturated carbocycles. The second-order valence-corrected chi connectivity index (χ2v) is 7.84. The minimum atomic E-state index is -0.112. The van der Waals surface area contributed by atoms with Crippen LogP contribution in [0.5, 0.6) is 5.75 Å². The van der Waals surface area contributed by atoms with Crippen LogP contribution in [0.1, 0.15) is 35.8 Å². The summed E-state index contributed by atoms with van der Waals surface area (Å²) in [4.78, 5) is 14.9. The van der Waals surface area contributed by atoms with Crippen LogP contribution in [-0.2, 0) is 6.42 Å². The molecule has 1 aliphatic heterocycles. The minimum absolute atomic E-state index is 0.112. The van der Waals surface area contributed by atoms with Crippen LogP contribution in [0.25, 0.3) is 5.13 Å². The predicted octanol–water partition coefficient (Wildman–Crippen LogP) is 3.30. The third kappa shape index (κ3) is 4.59. The zero-order valence-electron chi connectivity index (χ0n) is 16.5. The quantitative estimate of drug-likeness (QED) is 0.616. The van der Waals surface area contributed by atoms with Crippen LogP contribution in [0, 0.1) is 0 Å². The van der Waals surface area contributed by atoms with Crippen molar-refractivity contribution in [1.29, 1.82) is 0 Å². The van der Waals surface area contributed by atoms with Gasteiger partial charge in [0.2, 0.25) is 10.3 Å². The molecule has 1 fully saturated rings. The highest BCUT2D eigenvalue weighted by Crippen LogP contribution is 2.27. The highest BCUT2D eigenvalue weighted by molar-refractivity contribution is 7.17. The molecular formula is C21H25N5O2S. The molecule has 3 heterocycles. The van der Waals surface area contributed by atoms with Gasteiger partial charge in [-0.15, -0.1) is 10.2 Å². The van der Waals surface area contributed by atoms with Gasteiger partial charge in [0.25, 0.3) is 5.91 Å². The Morgan fingerprint density at radius 2 is 1.90 bits per heavy atom. The second-order valence-electron chi connectivity index (χ2n) is 6.91. The van der Waals surface area contributed by atoms with Gasteiger partial charge in [0.1, 0.15) is 11.4 Å². The number of carbonyl (C=O) groups excluding carboxylic acids is 1. The molecule has 0 bridgehead atoms. The number of rotatable bonds is 8. The molecule has 1 aromatic carbocycles. The van der Waals surface area contributed by atoms with E-state index < -0.39 is 0 Å². The molecule has 7 nitrogen and oxygen atoms in total. The lowest BCUT2D eigenvalue weighted by atomic mass is 10.1. The number of nitrogens with one attached hydrogen (secondary N) is 1. The summed E-state index contributed by atoms with van der Waals surface area (Å²) in [6.45, 7) is 5.24. The third-order valence-corrected chi connectivity index (χ3v) is 5.88. The zero-order chi connectivity index (χ0) is 20.1. The molecule has 0 aliphatic carbocycles. The van der Waals surface area contributed by atoms with Crippen LogP contribution in [0.4, 0.5) is 5.13 Å². The Morgan fingerprint density at radius 1 is 1.14 bits per heavy atom. The van der Waals surface area contributed by atoms with E-state index in [-0.39, 0.29) is 5.91 Å². The average Bonchev–Trinajstić information content (AvgIpc) is 3.49. The van der Waals surface area contributed by atoms with Crippen molar-refractivity contribution < 1.29 is 9.53 Å². The lowest BCUT2D eigenvalue weighted by molar-refractivity contribution is 0.0947. The predicted molar refractivity (Wildman–Crippen MR) is 114 cm³/mol. The summed E-state index contributed by atoms with van der Waals surface area (Å²) in [6, 6.07) is 11.6. The van der Waals surface area contributed by atoms with Crippen molar-refractivity contribution in [3.05, 3.63) is 53.9 Å². The van der Waals surface area contributed by atoms with Crippen molar-refractivity contribution in [3.63, 3.8) is 0 Å². The summed E-state index contributed by atoms with van der Waals surface area (Å²) in [5.74, 6) is 0.752. The summed E-state index contributed by atoms with van der Waals surface area (Å²) in [6.07, 6.45) is 5.01. The molecule has 0 unspecified atom stereocenters. The van der Waals surface area contributed by atoms with Gasteiger partial charge < -0.3 is 15.0 Å². The van der Waals surface area contributed by atoms with Crippen molar-refractivity contribution in [2.24, 2.45) is 0 Å². The molecule has 0 atom stereocenters. The lowest BCUT2D eigenvalue weighted by Crippen LogP contribution is -2.27. The maximum Gasteiger partial charge on any atom is 0.268 e. The van der Waals surface area contributed by atoms with Crippen LogP contribution in [0.2, 0.25) is 0 Å². The van der Waals surface area contributed by atoms with E-state index in [9.17, 15) is 4.79 Å². The highest BCUT2D eigenvalue weighted by Gasteiger charge is 2.19. The first kappa shape index (κ1) is 19.4. The Morgan fingerprint density at radius 3 is 2.66 bits per heavy atom. The number of anilines is 1. The van der Waals surface area contributed by atoms with E-state index in [1.807, 2.05) is 54.1 Å². The number of carbonyl (C=O) groups is 1. The van der Waals surface area contributed by atoms with Crippen molar-refractivity contribution in [1.82, 2.24) is 20.1 Å². The molecule has 1 saturated heterocycles. The Bertz CT molecular complexity index is 944. The van der Waals surface area contributed by atoms with Crippen molar-refractivity contribution in [3.8, 4) is 10.9 Å². The van der Waals surface area contributed by atoms with Crippen LogP contribution >= 0.6 is 11.3 Å².